The second-order valence-electron chi connectivity index (χ2n) is 5.09. The van der Waals surface area contributed by atoms with Crippen LogP contribution in [0.1, 0.15) is 12.5 Å². The van der Waals surface area contributed by atoms with Crippen molar-refractivity contribution in [2.45, 2.75) is 13.5 Å². The van der Waals surface area contributed by atoms with Crippen molar-refractivity contribution in [1.29, 1.82) is 0 Å². The first kappa shape index (κ1) is 18.5. The van der Waals surface area contributed by atoms with Gasteiger partial charge in [-0.1, -0.05) is 0 Å². The molecular formula is C18H21F2N3O2. The molecule has 25 heavy (non-hydrogen) atoms. The van der Waals surface area contributed by atoms with Gasteiger partial charge in [0.05, 0.1) is 13.7 Å². The van der Waals surface area contributed by atoms with E-state index in [0.29, 0.717) is 24.1 Å². The van der Waals surface area contributed by atoms with Crippen LogP contribution < -0.4 is 20.1 Å². The highest BCUT2D eigenvalue weighted by molar-refractivity contribution is 5.93. The minimum Gasteiger partial charge on any atom is -0.493 e. The molecule has 0 spiro atoms. The van der Waals surface area contributed by atoms with Crippen molar-refractivity contribution in [3.05, 3.63) is 53.6 Å². The fraction of sp³-hybridized carbons (Fsp3) is 0.278. The number of hydrogen-bond acceptors (Lipinski definition) is 3. The van der Waals surface area contributed by atoms with Gasteiger partial charge in [-0.15, -0.1) is 0 Å². The van der Waals surface area contributed by atoms with Crippen molar-refractivity contribution in [3.63, 3.8) is 0 Å². The summed E-state index contributed by atoms with van der Waals surface area (Å²) in [4.78, 5) is 4.07. The van der Waals surface area contributed by atoms with Crippen LogP contribution in [-0.4, -0.2) is 26.7 Å². The van der Waals surface area contributed by atoms with E-state index < -0.39 is 11.6 Å². The van der Waals surface area contributed by atoms with Gasteiger partial charge < -0.3 is 20.1 Å². The van der Waals surface area contributed by atoms with E-state index in [1.54, 1.807) is 32.4 Å². The first-order chi connectivity index (χ1) is 12.1. The average Bonchev–Trinajstić information content (AvgIpc) is 2.61. The van der Waals surface area contributed by atoms with Crippen molar-refractivity contribution < 1.29 is 18.3 Å². The zero-order valence-corrected chi connectivity index (χ0v) is 14.4. The van der Waals surface area contributed by atoms with Crippen LogP contribution in [0.5, 0.6) is 11.5 Å². The lowest BCUT2D eigenvalue weighted by Crippen LogP contribution is -2.30. The van der Waals surface area contributed by atoms with Crippen LogP contribution in [0.3, 0.4) is 0 Å². The molecule has 134 valence electrons. The second kappa shape index (κ2) is 8.86. The van der Waals surface area contributed by atoms with E-state index in [0.717, 1.165) is 23.9 Å². The molecule has 0 unspecified atom stereocenters. The first-order valence-corrected chi connectivity index (χ1v) is 7.79. The second-order valence-corrected chi connectivity index (χ2v) is 5.09. The van der Waals surface area contributed by atoms with Gasteiger partial charge in [0.15, 0.2) is 17.5 Å². The molecule has 2 aromatic carbocycles. The number of methoxy groups -OCH3 is 1. The third-order valence-corrected chi connectivity index (χ3v) is 3.40. The molecule has 2 N–H and O–H groups in total. The van der Waals surface area contributed by atoms with Crippen LogP contribution in [0.25, 0.3) is 0 Å². The number of halogens is 2. The lowest BCUT2D eigenvalue weighted by atomic mass is 10.2. The fourth-order valence-corrected chi connectivity index (χ4v) is 2.20. The number of guanidine groups is 1. The number of benzene rings is 2. The van der Waals surface area contributed by atoms with E-state index in [2.05, 4.69) is 15.6 Å². The highest BCUT2D eigenvalue weighted by atomic mass is 19.1. The minimum absolute atomic E-state index is 0.0950. The van der Waals surface area contributed by atoms with Gasteiger partial charge in [-0.2, -0.15) is 0 Å². The molecule has 0 aromatic heterocycles. The van der Waals surface area contributed by atoms with Crippen LogP contribution >= 0.6 is 0 Å². The average molecular weight is 349 g/mol. The van der Waals surface area contributed by atoms with E-state index in [-0.39, 0.29) is 12.1 Å². The molecular weight excluding hydrogens is 328 g/mol. The van der Waals surface area contributed by atoms with Crippen LogP contribution in [0.4, 0.5) is 14.5 Å². The Bertz CT molecular complexity index is 751. The molecule has 0 aliphatic heterocycles. The van der Waals surface area contributed by atoms with Crippen molar-refractivity contribution >= 4 is 11.6 Å². The highest BCUT2D eigenvalue weighted by Gasteiger charge is 2.08. The van der Waals surface area contributed by atoms with E-state index in [1.807, 2.05) is 6.92 Å². The largest absolute Gasteiger partial charge is 0.493 e. The molecule has 0 aliphatic carbocycles. The number of ether oxygens (including phenoxy) is 2. The predicted octanol–water partition coefficient (Wildman–Crippen LogP) is 3.56. The Labute approximate surface area is 145 Å². The van der Waals surface area contributed by atoms with Crippen molar-refractivity contribution in [2.24, 2.45) is 4.99 Å². The quantitative estimate of drug-likeness (QED) is 0.618. The maximum absolute atomic E-state index is 13.7. The Morgan fingerprint density at radius 3 is 2.60 bits per heavy atom. The van der Waals surface area contributed by atoms with E-state index in [1.165, 1.54) is 0 Å². The summed E-state index contributed by atoms with van der Waals surface area (Å²) in [7, 11) is 3.16. The van der Waals surface area contributed by atoms with Crippen LogP contribution in [0.2, 0.25) is 0 Å². The maximum Gasteiger partial charge on any atom is 0.195 e. The molecule has 0 aliphatic rings. The summed E-state index contributed by atoms with van der Waals surface area (Å²) in [6.07, 6.45) is 0. The topological polar surface area (TPSA) is 54.9 Å². The molecule has 0 radical (unpaired) electrons. The van der Waals surface area contributed by atoms with Crippen LogP contribution in [0.15, 0.2) is 41.4 Å². The Hall–Kier alpha value is -2.83. The standard InChI is InChI=1S/C18H21F2N3O2/c1-4-25-17-10-14(6-8-16(17)24-3)23-18(21-2)22-11-12-9-13(19)5-7-15(12)20/h5-10H,4,11H2,1-3H3,(H2,21,22,23). The fourth-order valence-electron chi connectivity index (χ4n) is 2.20. The van der Waals surface area contributed by atoms with Crippen LogP contribution in [0, 0.1) is 11.6 Å². The molecule has 5 nitrogen and oxygen atoms in total. The molecule has 2 rings (SSSR count). The van der Waals surface area contributed by atoms with E-state index in [9.17, 15) is 8.78 Å². The maximum atomic E-state index is 13.7. The summed E-state index contributed by atoms with van der Waals surface area (Å²) in [5.74, 6) is 0.667. The summed E-state index contributed by atoms with van der Waals surface area (Å²) in [5.41, 5.74) is 0.935. The normalized spacial score (nSPS) is 11.2. The van der Waals surface area contributed by atoms with Gasteiger partial charge in [-0.3, -0.25) is 4.99 Å². The van der Waals surface area contributed by atoms with Gasteiger partial charge in [0, 0.05) is 30.9 Å². The summed E-state index contributed by atoms with van der Waals surface area (Å²) in [5, 5.41) is 6.01. The van der Waals surface area contributed by atoms with Gasteiger partial charge in [0.25, 0.3) is 0 Å². The minimum atomic E-state index is -0.488. The van der Waals surface area contributed by atoms with Gasteiger partial charge in [0.1, 0.15) is 11.6 Å². The molecule has 0 amide bonds. The molecule has 0 bridgehead atoms. The molecule has 0 atom stereocenters. The smallest absolute Gasteiger partial charge is 0.195 e. The molecule has 0 fully saturated rings. The van der Waals surface area contributed by atoms with Crippen LogP contribution in [-0.2, 0) is 6.54 Å². The lowest BCUT2D eigenvalue weighted by Gasteiger charge is -2.15. The third-order valence-electron chi connectivity index (χ3n) is 3.40. The van der Waals surface area contributed by atoms with Crippen molar-refractivity contribution in [3.8, 4) is 11.5 Å². The van der Waals surface area contributed by atoms with Gasteiger partial charge in [-0.25, -0.2) is 8.78 Å². The van der Waals surface area contributed by atoms with Crippen molar-refractivity contribution in [1.82, 2.24) is 5.32 Å². The summed E-state index contributed by atoms with van der Waals surface area (Å²) in [6.45, 7) is 2.48. The zero-order chi connectivity index (χ0) is 18.2. The summed E-state index contributed by atoms with van der Waals surface area (Å²) in [6, 6.07) is 8.68. The number of hydrogen-bond donors (Lipinski definition) is 2. The number of nitrogens with one attached hydrogen (secondary N) is 2. The summed E-state index contributed by atoms with van der Waals surface area (Å²) >= 11 is 0. The Morgan fingerprint density at radius 2 is 1.92 bits per heavy atom. The molecule has 0 heterocycles. The number of nitrogens with zero attached hydrogens (tertiary/aromatic N) is 1. The van der Waals surface area contributed by atoms with Crippen molar-refractivity contribution in [2.75, 3.05) is 26.1 Å². The third kappa shape index (κ3) is 5.07. The number of anilines is 1. The summed E-state index contributed by atoms with van der Waals surface area (Å²) < 4.78 is 37.7. The monoisotopic (exact) mass is 349 g/mol. The molecule has 0 saturated carbocycles. The van der Waals surface area contributed by atoms with Gasteiger partial charge in [-0.05, 0) is 37.3 Å². The first-order valence-electron chi connectivity index (χ1n) is 7.79. The Morgan fingerprint density at radius 1 is 1.12 bits per heavy atom. The van der Waals surface area contributed by atoms with Gasteiger partial charge >= 0.3 is 0 Å². The van der Waals surface area contributed by atoms with E-state index in [4.69, 9.17) is 9.47 Å². The Balaban J connectivity index is 2.07. The van der Waals surface area contributed by atoms with E-state index >= 15 is 0 Å². The SMILES string of the molecule is CCOc1cc(NC(=NC)NCc2cc(F)ccc2F)ccc1OC. The van der Waals surface area contributed by atoms with Gasteiger partial charge in [0.2, 0.25) is 0 Å². The molecule has 2 aromatic rings. The highest BCUT2D eigenvalue weighted by Crippen LogP contribution is 2.30. The molecule has 7 heteroatoms. The predicted molar refractivity (Wildman–Crippen MR) is 94.3 cm³/mol. The number of rotatable bonds is 6. The molecule has 0 saturated heterocycles. The number of aliphatic imine (C=N–C) groups is 1. The Kier molecular flexibility index (Phi) is 6.56. The lowest BCUT2D eigenvalue weighted by molar-refractivity contribution is 0.311. The zero-order valence-electron chi connectivity index (χ0n) is 14.4.